The van der Waals surface area contributed by atoms with Gasteiger partial charge in [-0.2, -0.15) is 4.98 Å². The van der Waals surface area contributed by atoms with Gasteiger partial charge in [-0.05, 0) is 29.8 Å². The molecule has 0 saturated carbocycles. The van der Waals surface area contributed by atoms with E-state index in [1.807, 2.05) is 18.2 Å². The molecule has 0 aliphatic carbocycles. The van der Waals surface area contributed by atoms with Crippen molar-refractivity contribution >= 4 is 45.9 Å². The molecule has 2 aromatic heterocycles. The molecule has 1 atom stereocenters. The van der Waals surface area contributed by atoms with Gasteiger partial charge in [0.15, 0.2) is 0 Å². The number of hydrogen-bond acceptors (Lipinski definition) is 6. The largest absolute Gasteiger partial charge is 0.488 e. The van der Waals surface area contributed by atoms with Gasteiger partial charge < -0.3 is 15.8 Å². The van der Waals surface area contributed by atoms with E-state index >= 15 is 0 Å². The Hall–Kier alpha value is -3.13. The summed E-state index contributed by atoms with van der Waals surface area (Å²) in [5.74, 6) is 1.17. The van der Waals surface area contributed by atoms with Gasteiger partial charge in [-0.3, -0.25) is 9.36 Å². The lowest BCUT2D eigenvalue weighted by molar-refractivity contribution is 0.241. The highest BCUT2D eigenvalue weighted by atomic mass is 35.5. The summed E-state index contributed by atoms with van der Waals surface area (Å²) in [7, 11) is 1.66. The van der Waals surface area contributed by atoms with Crippen LogP contribution < -0.4 is 21.3 Å². The lowest BCUT2D eigenvalue weighted by Crippen LogP contribution is -2.24. The molecule has 32 heavy (non-hydrogen) atoms. The zero-order chi connectivity index (χ0) is 22.4. The Morgan fingerprint density at radius 1 is 1.22 bits per heavy atom. The summed E-state index contributed by atoms with van der Waals surface area (Å²) in [6, 6.07) is 12.7. The van der Waals surface area contributed by atoms with E-state index in [1.54, 1.807) is 37.5 Å². The predicted octanol–water partition coefficient (Wildman–Crippen LogP) is 4.31. The first kappa shape index (κ1) is 20.8. The van der Waals surface area contributed by atoms with Crippen molar-refractivity contribution in [2.24, 2.45) is 12.8 Å². The van der Waals surface area contributed by atoms with Gasteiger partial charge in [0, 0.05) is 48.9 Å². The minimum Gasteiger partial charge on any atom is -0.488 e. The third kappa shape index (κ3) is 3.58. The van der Waals surface area contributed by atoms with Crippen molar-refractivity contribution in [1.29, 1.82) is 0 Å². The van der Waals surface area contributed by atoms with Crippen molar-refractivity contribution in [3.63, 3.8) is 0 Å². The highest BCUT2D eigenvalue weighted by molar-refractivity contribution is 6.39. The van der Waals surface area contributed by atoms with E-state index < -0.39 is 0 Å². The van der Waals surface area contributed by atoms with Gasteiger partial charge in [0.1, 0.15) is 17.5 Å². The molecule has 2 aromatic carbocycles. The Morgan fingerprint density at radius 2 is 2.00 bits per heavy atom. The van der Waals surface area contributed by atoms with Crippen molar-refractivity contribution in [3.05, 3.63) is 74.6 Å². The summed E-state index contributed by atoms with van der Waals surface area (Å²) < 4.78 is 7.31. The van der Waals surface area contributed by atoms with E-state index in [-0.39, 0.29) is 11.7 Å². The molecule has 3 heterocycles. The first-order valence-electron chi connectivity index (χ1n) is 10.0. The molecule has 5 rings (SSSR count). The number of fused-ring (bicyclic) bond motifs is 2. The molecule has 9 heteroatoms. The third-order valence-electron chi connectivity index (χ3n) is 5.51. The van der Waals surface area contributed by atoms with Crippen LogP contribution in [0.2, 0.25) is 10.0 Å². The molecule has 0 fully saturated rings. The van der Waals surface area contributed by atoms with Crippen molar-refractivity contribution in [1.82, 2.24) is 14.5 Å². The van der Waals surface area contributed by atoms with Gasteiger partial charge in [0.05, 0.1) is 15.6 Å². The number of rotatable bonds is 4. The number of nitrogens with one attached hydrogen (secondary N) is 1. The van der Waals surface area contributed by atoms with Crippen LogP contribution in [-0.4, -0.2) is 27.2 Å². The summed E-state index contributed by atoms with van der Waals surface area (Å²) in [6.45, 7) is 0.473. The van der Waals surface area contributed by atoms with Gasteiger partial charge >= 0.3 is 0 Å². The average Bonchev–Trinajstić information content (AvgIpc) is 3.20. The minimum absolute atomic E-state index is 0.00695. The third-order valence-corrected chi connectivity index (χ3v) is 6.14. The zero-order valence-corrected chi connectivity index (χ0v) is 18.6. The summed E-state index contributed by atoms with van der Waals surface area (Å²) >= 11 is 12.6. The zero-order valence-electron chi connectivity index (χ0n) is 17.1. The Balaban J connectivity index is 1.52. The SMILES string of the molecule is Cn1c(=O)c(-c2c(Cl)cccc2Cl)cc2cnc(Nc3ccc4c(c3)O[C@@H](CN)C4)nc21. The molecule has 0 unspecified atom stereocenters. The molecule has 7 nitrogen and oxygen atoms in total. The number of benzene rings is 2. The average molecular weight is 468 g/mol. The van der Waals surface area contributed by atoms with E-state index in [1.165, 1.54) is 4.57 Å². The van der Waals surface area contributed by atoms with Gasteiger partial charge in [-0.25, -0.2) is 4.98 Å². The summed E-state index contributed by atoms with van der Waals surface area (Å²) in [6.07, 6.45) is 2.47. The monoisotopic (exact) mass is 467 g/mol. The number of aryl methyl sites for hydroxylation is 1. The molecule has 0 saturated heterocycles. The molecule has 0 amide bonds. The van der Waals surface area contributed by atoms with Crippen LogP contribution in [0.15, 0.2) is 53.5 Å². The molecule has 0 bridgehead atoms. The van der Waals surface area contributed by atoms with Crippen LogP contribution in [0.3, 0.4) is 0 Å². The molecule has 1 aliphatic heterocycles. The molecule has 4 aromatic rings. The Kier molecular flexibility index (Phi) is 5.25. The summed E-state index contributed by atoms with van der Waals surface area (Å²) in [5.41, 5.74) is 8.74. The second-order valence-corrected chi connectivity index (χ2v) is 8.43. The number of anilines is 2. The first-order chi connectivity index (χ1) is 15.4. The van der Waals surface area contributed by atoms with Gasteiger partial charge in [-0.1, -0.05) is 35.3 Å². The van der Waals surface area contributed by atoms with Crippen molar-refractivity contribution < 1.29 is 4.74 Å². The van der Waals surface area contributed by atoms with Crippen LogP contribution in [0.5, 0.6) is 5.75 Å². The van der Waals surface area contributed by atoms with Crippen molar-refractivity contribution in [2.45, 2.75) is 12.5 Å². The number of halogens is 2. The Morgan fingerprint density at radius 3 is 2.75 bits per heavy atom. The highest BCUT2D eigenvalue weighted by Crippen LogP contribution is 2.34. The molecule has 3 N–H and O–H groups in total. The maximum atomic E-state index is 13.1. The minimum atomic E-state index is -0.254. The van der Waals surface area contributed by atoms with Gasteiger partial charge in [0.2, 0.25) is 5.95 Å². The molecule has 0 radical (unpaired) electrons. The number of hydrogen-bond donors (Lipinski definition) is 2. The van der Waals surface area contributed by atoms with Crippen molar-refractivity contribution in [3.8, 4) is 16.9 Å². The number of ether oxygens (including phenoxy) is 1. The summed E-state index contributed by atoms with van der Waals surface area (Å²) in [4.78, 5) is 22.0. The fourth-order valence-electron chi connectivity index (χ4n) is 3.88. The van der Waals surface area contributed by atoms with Gasteiger partial charge in [0.25, 0.3) is 5.56 Å². The van der Waals surface area contributed by atoms with Crippen LogP contribution in [0.1, 0.15) is 5.56 Å². The number of nitrogens with two attached hydrogens (primary N) is 1. The highest BCUT2D eigenvalue weighted by Gasteiger charge is 2.22. The van der Waals surface area contributed by atoms with Crippen LogP contribution in [0, 0.1) is 0 Å². The van der Waals surface area contributed by atoms with Crippen LogP contribution >= 0.6 is 23.2 Å². The van der Waals surface area contributed by atoms with Crippen LogP contribution in [-0.2, 0) is 13.5 Å². The first-order valence-corrected chi connectivity index (χ1v) is 10.8. The lowest BCUT2D eigenvalue weighted by Gasteiger charge is -2.12. The van der Waals surface area contributed by atoms with E-state index in [9.17, 15) is 4.79 Å². The van der Waals surface area contributed by atoms with E-state index in [0.717, 1.165) is 23.4 Å². The normalized spacial score (nSPS) is 14.9. The molecule has 0 spiro atoms. The fraction of sp³-hybridized carbons (Fsp3) is 0.174. The molecular weight excluding hydrogens is 449 g/mol. The predicted molar refractivity (Wildman–Crippen MR) is 127 cm³/mol. The Labute approximate surface area is 193 Å². The maximum absolute atomic E-state index is 13.1. The standard InChI is InChI=1S/C23H19Cl2N5O2/c1-30-21-13(8-16(22(30)31)20-17(24)3-2-4-18(20)25)11-27-23(29-21)28-14-6-5-12-7-15(10-26)32-19(12)9-14/h2-6,8-9,11,15H,7,10,26H2,1H3,(H,27,28,29)/t15-/m1/s1. The second-order valence-electron chi connectivity index (χ2n) is 7.62. The van der Waals surface area contributed by atoms with E-state index in [4.69, 9.17) is 33.7 Å². The van der Waals surface area contributed by atoms with E-state index in [2.05, 4.69) is 15.3 Å². The Bertz CT molecular complexity index is 1400. The van der Waals surface area contributed by atoms with E-state index in [0.29, 0.717) is 44.7 Å². The maximum Gasteiger partial charge on any atom is 0.259 e. The van der Waals surface area contributed by atoms with Gasteiger partial charge in [-0.15, -0.1) is 0 Å². The fourth-order valence-corrected chi connectivity index (χ4v) is 4.48. The second kappa shape index (κ2) is 8.09. The van der Waals surface area contributed by atoms with Crippen LogP contribution in [0.25, 0.3) is 22.2 Å². The van der Waals surface area contributed by atoms with Crippen molar-refractivity contribution in [2.75, 3.05) is 11.9 Å². The number of aromatic nitrogens is 3. The smallest absolute Gasteiger partial charge is 0.259 e. The quantitative estimate of drug-likeness (QED) is 0.464. The molecule has 162 valence electrons. The van der Waals surface area contributed by atoms with Crippen LogP contribution in [0.4, 0.5) is 11.6 Å². The molecule has 1 aliphatic rings. The lowest BCUT2D eigenvalue weighted by atomic mass is 10.1. The topological polar surface area (TPSA) is 95.1 Å². The molecular formula is C23H19Cl2N5O2. The number of pyridine rings is 1. The summed E-state index contributed by atoms with van der Waals surface area (Å²) in [5, 5.41) is 4.68. The number of nitrogens with zero attached hydrogens (tertiary/aromatic N) is 3.